The molecule has 1 heterocycles. The van der Waals surface area contributed by atoms with Gasteiger partial charge in [0.05, 0.1) is 0 Å². The van der Waals surface area contributed by atoms with E-state index >= 15 is 0 Å². The quantitative estimate of drug-likeness (QED) is 0.636. The first kappa shape index (κ1) is 9.50. The highest BCUT2D eigenvalue weighted by Gasteiger charge is 2.56. The van der Waals surface area contributed by atoms with E-state index in [1.165, 1.54) is 37.8 Å². The smallest absolute Gasteiger partial charge is 0.0402 e. The van der Waals surface area contributed by atoms with Gasteiger partial charge in [-0.05, 0) is 37.7 Å². The molecule has 3 aliphatic rings. The Morgan fingerprint density at radius 3 is 2.93 bits per heavy atom. The first-order valence-corrected chi connectivity index (χ1v) is 6.31. The Morgan fingerprint density at radius 2 is 2.07 bits per heavy atom. The Balaban J connectivity index is 2.03. The molecule has 0 aromatic rings. The minimum absolute atomic E-state index is 0.355. The molecular weight excluding hydrogens is 182 g/mol. The first-order chi connectivity index (χ1) is 7.16. The fraction of sp³-hybridized carbons (Fsp3) is 0.714. The van der Waals surface area contributed by atoms with Crippen LogP contribution in [0.5, 0.6) is 0 Å². The maximum Gasteiger partial charge on any atom is 0.0402 e. The Hall–Kier alpha value is -0.720. The molecule has 0 radical (unpaired) electrons. The summed E-state index contributed by atoms with van der Waals surface area (Å²) in [5.74, 6) is 0.757. The Kier molecular flexibility index (Phi) is 1.84. The lowest BCUT2D eigenvalue weighted by Gasteiger charge is -2.47. The molecule has 15 heavy (non-hydrogen) atoms. The van der Waals surface area contributed by atoms with Crippen LogP contribution in [0, 0.1) is 11.3 Å². The maximum absolute atomic E-state index is 3.82. The van der Waals surface area contributed by atoms with Crippen molar-refractivity contribution in [2.75, 3.05) is 0 Å². The van der Waals surface area contributed by atoms with Gasteiger partial charge in [0.1, 0.15) is 0 Å². The van der Waals surface area contributed by atoms with E-state index in [9.17, 15) is 0 Å². The van der Waals surface area contributed by atoms with Crippen molar-refractivity contribution in [2.24, 2.45) is 11.3 Å². The normalized spacial score (nSPS) is 47.9. The number of allylic oxidation sites excluding steroid dienone is 4. The summed E-state index contributed by atoms with van der Waals surface area (Å²) in [6, 6.07) is 0. The molecule has 3 rings (SSSR count). The lowest BCUT2D eigenvalue weighted by atomic mass is 9.59. The fourth-order valence-electron chi connectivity index (χ4n) is 3.98. The molecule has 82 valence electrons. The lowest BCUT2D eigenvalue weighted by Crippen LogP contribution is -2.51. The molecule has 1 saturated carbocycles. The minimum atomic E-state index is 0.355. The van der Waals surface area contributed by atoms with Gasteiger partial charge in [0.25, 0.3) is 0 Å². The van der Waals surface area contributed by atoms with Crippen LogP contribution in [0.1, 0.15) is 46.0 Å². The highest BCUT2D eigenvalue weighted by Crippen LogP contribution is 2.57. The summed E-state index contributed by atoms with van der Waals surface area (Å²) < 4.78 is 0. The van der Waals surface area contributed by atoms with Crippen molar-refractivity contribution >= 4 is 0 Å². The average molecular weight is 203 g/mol. The van der Waals surface area contributed by atoms with E-state index in [-0.39, 0.29) is 0 Å². The molecule has 0 amide bonds. The molecule has 2 aliphatic carbocycles. The Bertz CT molecular complexity index is 341. The molecule has 1 nitrogen and oxygen atoms in total. The van der Waals surface area contributed by atoms with Crippen molar-refractivity contribution in [1.29, 1.82) is 0 Å². The van der Waals surface area contributed by atoms with Gasteiger partial charge in [-0.25, -0.2) is 0 Å². The van der Waals surface area contributed by atoms with Crippen LogP contribution in [0.15, 0.2) is 23.9 Å². The lowest BCUT2D eigenvalue weighted by molar-refractivity contribution is 0.0733. The summed E-state index contributed by atoms with van der Waals surface area (Å²) in [5, 5.41) is 3.82. The zero-order valence-electron chi connectivity index (χ0n) is 9.84. The Labute approximate surface area is 92.6 Å². The Morgan fingerprint density at radius 1 is 1.27 bits per heavy atom. The molecule has 1 heteroatoms. The second-order valence-electron chi connectivity index (χ2n) is 5.92. The number of fused-ring (bicyclic) bond motifs is 3. The molecule has 1 saturated heterocycles. The number of nitrogens with one attached hydrogen (secondary N) is 1. The molecule has 0 bridgehead atoms. The second-order valence-corrected chi connectivity index (χ2v) is 5.92. The number of hydrogen-bond acceptors (Lipinski definition) is 1. The molecule has 0 aromatic carbocycles. The van der Waals surface area contributed by atoms with E-state index in [0.717, 1.165) is 5.92 Å². The predicted molar refractivity (Wildman–Crippen MR) is 63.4 cm³/mol. The third-order valence-corrected chi connectivity index (χ3v) is 5.23. The number of rotatable bonds is 0. The zero-order chi connectivity index (χ0) is 10.5. The summed E-state index contributed by atoms with van der Waals surface area (Å²) in [4.78, 5) is 0. The molecule has 2 fully saturated rings. The van der Waals surface area contributed by atoms with Crippen LogP contribution in [0.3, 0.4) is 0 Å². The minimum Gasteiger partial charge on any atom is -0.382 e. The summed E-state index contributed by atoms with van der Waals surface area (Å²) in [6.07, 6.45) is 13.6. The van der Waals surface area contributed by atoms with Crippen LogP contribution in [0.25, 0.3) is 0 Å². The largest absolute Gasteiger partial charge is 0.382 e. The number of hydrogen-bond donors (Lipinski definition) is 1. The third-order valence-electron chi connectivity index (χ3n) is 5.23. The monoisotopic (exact) mass is 203 g/mol. The molecule has 3 atom stereocenters. The van der Waals surface area contributed by atoms with Crippen molar-refractivity contribution in [3.8, 4) is 0 Å². The fourth-order valence-corrected chi connectivity index (χ4v) is 3.98. The van der Waals surface area contributed by atoms with Gasteiger partial charge >= 0.3 is 0 Å². The second kappa shape index (κ2) is 2.90. The zero-order valence-corrected chi connectivity index (χ0v) is 9.84. The van der Waals surface area contributed by atoms with Crippen molar-refractivity contribution < 1.29 is 0 Å². The van der Waals surface area contributed by atoms with Gasteiger partial charge in [0, 0.05) is 17.2 Å². The standard InChI is InChI=1S/C14H21N/c1-13-9-5-6-10-14(13,2)15-12-8-4-3-7-11(12)13/h3-4,8,11,15H,5-7,9-10H2,1-2H3. The van der Waals surface area contributed by atoms with E-state index in [1.54, 1.807) is 0 Å². The van der Waals surface area contributed by atoms with Crippen LogP contribution in [-0.2, 0) is 0 Å². The predicted octanol–water partition coefficient (Wildman–Crippen LogP) is 3.39. The average Bonchev–Trinajstić information content (AvgIpc) is 2.47. The molecular formula is C14H21N. The van der Waals surface area contributed by atoms with E-state index in [2.05, 4.69) is 37.4 Å². The van der Waals surface area contributed by atoms with E-state index < -0.39 is 0 Å². The van der Waals surface area contributed by atoms with Crippen LogP contribution in [-0.4, -0.2) is 5.54 Å². The molecule has 1 aliphatic heterocycles. The SMILES string of the molecule is CC12CCCCC1(C)C1CC=CC=C1N2. The van der Waals surface area contributed by atoms with Gasteiger partial charge < -0.3 is 5.32 Å². The van der Waals surface area contributed by atoms with Gasteiger partial charge in [0.15, 0.2) is 0 Å². The maximum atomic E-state index is 3.82. The van der Waals surface area contributed by atoms with E-state index in [0.29, 0.717) is 11.0 Å². The van der Waals surface area contributed by atoms with E-state index in [1.807, 2.05) is 0 Å². The first-order valence-electron chi connectivity index (χ1n) is 6.31. The van der Waals surface area contributed by atoms with Crippen molar-refractivity contribution in [1.82, 2.24) is 5.32 Å². The molecule has 0 spiro atoms. The van der Waals surface area contributed by atoms with Gasteiger partial charge in [-0.2, -0.15) is 0 Å². The van der Waals surface area contributed by atoms with Crippen molar-refractivity contribution in [2.45, 2.75) is 51.5 Å². The van der Waals surface area contributed by atoms with Crippen LogP contribution in [0.2, 0.25) is 0 Å². The van der Waals surface area contributed by atoms with Crippen LogP contribution in [0.4, 0.5) is 0 Å². The van der Waals surface area contributed by atoms with Gasteiger partial charge in [-0.15, -0.1) is 0 Å². The molecule has 1 N–H and O–H groups in total. The van der Waals surface area contributed by atoms with Crippen LogP contribution >= 0.6 is 0 Å². The summed E-state index contributed by atoms with van der Waals surface area (Å²) in [5.41, 5.74) is 2.35. The van der Waals surface area contributed by atoms with Crippen LogP contribution < -0.4 is 5.32 Å². The molecule has 0 aromatic heterocycles. The summed E-state index contributed by atoms with van der Waals surface area (Å²) in [6.45, 7) is 4.94. The third kappa shape index (κ3) is 1.10. The van der Waals surface area contributed by atoms with Gasteiger partial charge in [-0.1, -0.05) is 31.9 Å². The summed E-state index contributed by atoms with van der Waals surface area (Å²) >= 11 is 0. The van der Waals surface area contributed by atoms with E-state index in [4.69, 9.17) is 0 Å². The highest BCUT2D eigenvalue weighted by atomic mass is 15.1. The topological polar surface area (TPSA) is 12.0 Å². The van der Waals surface area contributed by atoms with Crippen molar-refractivity contribution in [3.05, 3.63) is 23.9 Å². The molecule has 3 unspecified atom stereocenters. The van der Waals surface area contributed by atoms with Gasteiger partial charge in [0.2, 0.25) is 0 Å². The van der Waals surface area contributed by atoms with Gasteiger partial charge in [-0.3, -0.25) is 0 Å². The summed E-state index contributed by atoms with van der Waals surface area (Å²) in [7, 11) is 0. The highest BCUT2D eigenvalue weighted by molar-refractivity contribution is 5.31. The van der Waals surface area contributed by atoms with Crippen molar-refractivity contribution in [3.63, 3.8) is 0 Å².